The summed E-state index contributed by atoms with van der Waals surface area (Å²) in [7, 11) is 0. The van der Waals surface area contributed by atoms with Gasteiger partial charge in [0.25, 0.3) is 0 Å². The Bertz CT molecular complexity index is 151. The van der Waals surface area contributed by atoms with Gasteiger partial charge in [0.1, 0.15) is 6.26 Å². The molecule has 1 aromatic heterocycles. The van der Waals surface area contributed by atoms with Crippen LogP contribution in [0.1, 0.15) is 0 Å². The summed E-state index contributed by atoms with van der Waals surface area (Å²) < 4.78 is 4.22. The molecule has 1 N–H and O–H groups in total. The molecule has 0 amide bonds. The predicted molar refractivity (Wildman–Crippen MR) is 29.7 cm³/mol. The van der Waals surface area contributed by atoms with E-state index in [2.05, 4.69) is 9.40 Å². The van der Waals surface area contributed by atoms with Crippen LogP contribution in [0.15, 0.2) is 21.7 Å². The maximum absolute atomic E-state index is 9.85. The van der Waals surface area contributed by atoms with Crippen molar-refractivity contribution >= 4 is 17.0 Å². The van der Waals surface area contributed by atoms with Gasteiger partial charge in [-0.1, -0.05) is 0 Å². The van der Waals surface area contributed by atoms with Crippen molar-refractivity contribution in [1.29, 1.82) is 0 Å². The number of hydrogen-bond acceptors (Lipinski definition) is 2. The molecule has 7 heavy (non-hydrogen) atoms. The van der Waals surface area contributed by atoms with Crippen LogP contribution in [0, 0.1) is 0 Å². The van der Waals surface area contributed by atoms with Gasteiger partial charge in [-0.15, -0.1) is 17.0 Å². The van der Waals surface area contributed by atoms with Gasteiger partial charge in [-0.2, -0.15) is 0 Å². The number of aromatic nitrogens is 1. The molecule has 0 bridgehead atoms. The summed E-state index contributed by atoms with van der Waals surface area (Å²) in [4.78, 5) is 12.1. The summed E-state index contributed by atoms with van der Waals surface area (Å²) in [5.74, 6) is -0.407. The molecule has 3 nitrogen and oxygen atoms in total. The molecule has 40 valence electrons. The summed E-state index contributed by atoms with van der Waals surface area (Å²) in [5, 5.41) is 0. The molecule has 0 unspecified atom stereocenters. The number of oxazole rings is 1. The zero-order valence-corrected chi connectivity index (χ0v) is 5.09. The lowest BCUT2D eigenvalue weighted by molar-refractivity contribution is 0.515. The van der Waals surface area contributed by atoms with Gasteiger partial charge in [0.2, 0.25) is 0 Å². The van der Waals surface area contributed by atoms with E-state index in [0.29, 0.717) is 0 Å². The first-order chi connectivity index (χ1) is 2.89. The van der Waals surface area contributed by atoms with Crippen molar-refractivity contribution in [3.05, 3.63) is 23.0 Å². The van der Waals surface area contributed by atoms with E-state index in [0.717, 1.165) is 0 Å². The molecule has 0 fully saturated rings. The summed E-state index contributed by atoms with van der Waals surface area (Å²) in [6, 6.07) is 0. The van der Waals surface area contributed by atoms with Crippen LogP contribution in [0.4, 0.5) is 0 Å². The van der Waals surface area contributed by atoms with Crippen LogP contribution in [0.3, 0.4) is 0 Å². The number of hydrogen-bond donors (Lipinski definition) is 1. The smallest absolute Gasteiger partial charge is 0.416 e. The van der Waals surface area contributed by atoms with Crippen LogP contribution < -0.4 is 5.76 Å². The number of nitrogens with one attached hydrogen (secondary N) is 1. The third-order valence-electron chi connectivity index (χ3n) is 0.444. The molecular weight excluding hydrogens is 162 g/mol. The van der Waals surface area contributed by atoms with Gasteiger partial charge in [-0.3, -0.25) is 4.98 Å². The minimum absolute atomic E-state index is 0. The first-order valence-electron chi connectivity index (χ1n) is 1.52. The normalized spacial score (nSPS) is 7.43. The van der Waals surface area contributed by atoms with Crippen LogP contribution in [-0.2, 0) is 0 Å². The maximum Gasteiger partial charge on any atom is 0.416 e. The average Bonchev–Trinajstić information content (AvgIpc) is 1.86. The van der Waals surface area contributed by atoms with E-state index in [-0.39, 0.29) is 17.0 Å². The lowest BCUT2D eigenvalue weighted by Gasteiger charge is -1.51. The lowest BCUT2D eigenvalue weighted by atomic mass is 11.0. The van der Waals surface area contributed by atoms with Crippen molar-refractivity contribution in [2.24, 2.45) is 0 Å². The monoisotopic (exact) mass is 165 g/mol. The van der Waals surface area contributed by atoms with Gasteiger partial charge in [-0.25, -0.2) is 4.79 Å². The highest BCUT2D eigenvalue weighted by Crippen LogP contribution is 1.62. The number of halogens is 1. The van der Waals surface area contributed by atoms with Crippen LogP contribution in [0.5, 0.6) is 0 Å². The van der Waals surface area contributed by atoms with Gasteiger partial charge in [0.15, 0.2) is 0 Å². The number of rotatable bonds is 0. The second-order valence-corrected chi connectivity index (χ2v) is 0.852. The topological polar surface area (TPSA) is 46.0 Å². The quantitative estimate of drug-likeness (QED) is 0.611. The largest absolute Gasteiger partial charge is 0.417 e. The second-order valence-electron chi connectivity index (χ2n) is 0.852. The maximum atomic E-state index is 9.85. The van der Waals surface area contributed by atoms with E-state index in [1.165, 1.54) is 12.5 Å². The van der Waals surface area contributed by atoms with Gasteiger partial charge in [0.05, 0.1) is 0 Å². The Balaban J connectivity index is 0.000000360. The fraction of sp³-hybridized carbons (Fsp3) is 0. The summed E-state index contributed by atoms with van der Waals surface area (Å²) >= 11 is 0. The SMILES string of the molecule is Br.O=c1[nH]cco1. The minimum Gasteiger partial charge on any atom is -0.417 e. The molecule has 0 aromatic carbocycles. The van der Waals surface area contributed by atoms with Gasteiger partial charge >= 0.3 is 5.76 Å². The molecule has 0 atom stereocenters. The molecule has 1 rings (SSSR count). The van der Waals surface area contributed by atoms with Crippen molar-refractivity contribution in [1.82, 2.24) is 4.98 Å². The Morgan fingerprint density at radius 1 is 1.71 bits per heavy atom. The second kappa shape index (κ2) is 2.63. The molecule has 0 radical (unpaired) electrons. The standard InChI is InChI=1S/C3H3NO2.BrH/c5-3-4-1-2-6-3;/h1-2H,(H,4,5);1H. The van der Waals surface area contributed by atoms with Crippen LogP contribution in [-0.4, -0.2) is 4.98 Å². The molecule has 0 saturated heterocycles. The number of H-pyrrole nitrogens is 1. The molecule has 0 aliphatic heterocycles. The van der Waals surface area contributed by atoms with Crippen molar-refractivity contribution < 1.29 is 4.42 Å². The summed E-state index contributed by atoms with van der Waals surface area (Å²) in [6.07, 6.45) is 2.73. The van der Waals surface area contributed by atoms with Gasteiger partial charge < -0.3 is 4.42 Å². The zero-order valence-electron chi connectivity index (χ0n) is 3.38. The Kier molecular flexibility index (Phi) is 2.44. The first-order valence-corrected chi connectivity index (χ1v) is 1.52. The average molecular weight is 166 g/mol. The molecule has 0 aliphatic rings. The van der Waals surface area contributed by atoms with Crippen molar-refractivity contribution in [3.8, 4) is 0 Å². The van der Waals surface area contributed by atoms with Crippen molar-refractivity contribution in [2.45, 2.75) is 0 Å². The molecular formula is C3H4BrNO2. The van der Waals surface area contributed by atoms with E-state index in [1.54, 1.807) is 0 Å². The van der Waals surface area contributed by atoms with E-state index in [9.17, 15) is 4.79 Å². The Morgan fingerprint density at radius 2 is 2.43 bits per heavy atom. The third-order valence-corrected chi connectivity index (χ3v) is 0.444. The lowest BCUT2D eigenvalue weighted by Crippen LogP contribution is -1.91. The van der Waals surface area contributed by atoms with Crippen LogP contribution in [0.25, 0.3) is 0 Å². The summed E-state index contributed by atoms with van der Waals surface area (Å²) in [6.45, 7) is 0. The Hall–Kier alpha value is -0.510. The highest BCUT2D eigenvalue weighted by Gasteiger charge is 1.72. The highest BCUT2D eigenvalue weighted by molar-refractivity contribution is 8.93. The van der Waals surface area contributed by atoms with Crippen molar-refractivity contribution in [3.63, 3.8) is 0 Å². The first kappa shape index (κ1) is 6.49. The highest BCUT2D eigenvalue weighted by atomic mass is 79.9. The van der Waals surface area contributed by atoms with Crippen LogP contribution in [0.2, 0.25) is 0 Å². The fourth-order valence-corrected chi connectivity index (χ4v) is 0.232. The van der Waals surface area contributed by atoms with Gasteiger partial charge in [0, 0.05) is 6.20 Å². The molecule has 1 aromatic rings. The Labute approximate surface area is 50.1 Å². The van der Waals surface area contributed by atoms with E-state index in [1.807, 2.05) is 0 Å². The van der Waals surface area contributed by atoms with Gasteiger partial charge in [-0.05, 0) is 0 Å². The number of aromatic amines is 1. The summed E-state index contributed by atoms with van der Waals surface area (Å²) in [5.41, 5.74) is 0. The van der Waals surface area contributed by atoms with E-state index in [4.69, 9.17) is 0 Å². The van der Waals surface area contributed by atoms with E-state index >= 15 is 0 Å². The Morgan fingerprint density at radius 3 is 2.57 bits per heavy atom. The molecule has 4 heteroatoms. The third kappa shape index (κ3) is 1.59. The fourth-order valence-electron chi connectivity index (χ4n) is 0.232. The zero-order chi connectivity index (χ0) is 4.41. The van der Waals surface area contributed by atoms with Crippen molar-refractivity contribution in [2.75, 3.05) is 0 Å². The molecule has 0 aliphatic carbocycles. The van der Waals surface area contributed by atoms with Crippen LogP contribution >= 0.6 is 17.0 Å². The molecule has 0 spiro atoms. The molecule has 0 saturated carbocycles. The van der Waals surface area contributed by atoms with E-state index < -0.39 is 5.76 Å². The molecule has 1 heterocycles. The minimum atomic E-state index is -0.407. The predicted octanol–water partition coefficient (Wildman–Crippen LogP) is 0.546.